The lowest BCUT2D eigenvalue weighted by Gasteiger charge is -2.32. The number of morpholine rings is 1. The van der Waals surface area contributed by atoms with E-state index in [-0.39, 0.29) is 18.1 Å². The summed E-state index contributed by atoms with van der Waals surface area (Å²) >= 11 is 0. The summed E-state index contributed by atoms with van der Waals surface area (Å²) in [5, 5.41) is 8.85. The van der Waals surface area contributed by atoms with Crippen molar-refractivity contribution in [3.63, 3.8) is 0 Å². The topological polar surface area (TPSA) is 65.2 Å². The van der Waals surface area contributed by atoms with E-state index in [1.54, 1.807) is 10.7 Å². The number of carbonyl (C=O) groups is 1. The molecule has 3 heterocycles. The highest BCUT2D eigenvalue weighted by atomic mass is 16.5. The smallest absolute Gasteiger partial charge is 0.274 e. The van der Waals surface area contributed by atoms with Crippen molar-refractivity contribution in [2.45, 2.75) is 46.4 Å². The number of aromatic nitrogens is 4. The van der Waals surface area contributed by atoms with Crippen molar-refractivity contribution in [3.8, 4) is 0 Å². The van der Waals surface area contributed by atoms with Crippen LogP contribution in [0, 0.1) is 13.8 Å². The van der Waals surface area contributed by atoms with Crippen molar-refractivity contribution in [2.75, 3.05) is 19.7 Å². The molecule has 1 fully saturated rings. The Hall–Kier alpha value is -2.15. The molecule has 0 radical (unpaired) electrons. The third kappa shape index (κ3) is 3.51. The first-order chi connectivity index (χ1) is 11.4. The lowest BCUT2D eigenvalue weighted by Crippen LogP contribution is -2.47. The summed E-state index contributed by atoms with van der Waals surface area (Å²) in [5.41, 5.74) is 2.60. The molecular formula is C17H25N5O2. The summed E-state index contributed by atoms with van der Waals surface area (Å²) < 4.78 is 9.58. The van der Waals surface area contributed by atoms with Crippen LogP contribution in [-0.4, -0.2) is 56.2 Å². The minimum atomic E-state index is -0.0483. The van der Waals surface area contributed by atoms with Crippen molar-refractivity contribution < 1.29 is 9.53 Å². The van der Waals surface area contributed by atoms with Gasteiger partial charge in [0.15, 0.2) is 0 Å². The molecule has 2 aromatic heterocycles. The maximum absolute atomic E-state index is 12.7. The van der Waals surface area contributed by atoms with Crippen LogP contribution in [-0.2, 0) is 11.3 Å². The van der Waals surface area contributed by atoms with Crippen molar-refractivity contribution in [1.29, 1.82) is 0 Å². The van der Waals surface area contributed by atoms with Crippen molar-refractivity contribution in [1.82, 2.24) is 24.5 Å². The Labute approximate surface area is 142 Å². The molecule has 1 saturated heterocycles. The lowest BCUT2D eigenvalue weighted by molar-refractivity contribution is -0.0304. The molecule has 7 heteroatoms. The Balaban J connectivity index is 1.66. The van der Waals surface area contributed by atoms with Crippen LogP contribution >= 0.6 is 0 Å². The van der Waals surface area contributed by atoms with Crippen molar-refractivity contribution in [2.24, 2.45) is 0 Å². The Kier molecular flexibility index (Phi) is 4.71. The van der Waals surface area contributed by atoms with Gasteiger partial charge in [0.05, 0.1) is 24.9 Å². The highest BCUT2D eigenvalue weighted by Crippen LogP contribution is 2.13. The average molecular weight is 331 g/mol. The van der Waals surface area contributed by atoms with E-state index in [1.165, 1.54) is 0 Å². The average Bonchev–Trinajstić information content (AvgIpc) is 3.14. The van der Waals surface area contributed by atoms with E-state index in [2.05, 4.69) is 10.2 Å². The highest BCUT2D eigenvalue weighted by molar-refractivity contribution is 5.92. The molecule has 1 aliphatic heterocycles. The fourth-order valence-electron chi connectivity index (χ4n) is 2.97. The number of aryl methyl sites for hydroxylation is 2. The number of carbonyl (C=O) groups excluding carboxylic acids is 1. The molecule has 1 amide bonds. The van der Waals surface area contributed by atoms with E-state index in [0.29, 0.717) is 31.9 Å². The van der Waals surface area contributed by atoms with E-state index in [4.69, 9.17) is 4.74 Å². The third-order valence-electron chi connectivity index (χ3n) is 4.26. The summed E-state index contributed by atoms with van der Waals surface area (Å²) in [4.78, 5) is 14.5. The molecule has 130 valence electrons. The van der Waals surface area contributed by atoms with Crippen LogP contribution < -0.4 is 0 Å². The number of hydrogen-bond donors (Lipinski definition) is 0. The molecule has 1 unspecified atom stereocenters. The van der Waals surface area contributed by atoms with Gasteiger partial charge in [-0.2, -0.15) is 10.2 Å². The number of ether oxygens (including phenoxy) is 1. The largest absolute Gasteiger partial charge is 0.373 e. The van der Waals surface area contributed by atoms with Crippen LogP contribution in [0.5, 0.6) is 0 Å². The monoisotopic (exact) mass is 331 g/mol. The first-order valence-corrected chi connectivity index (χ1v) is 8.41. The standard InChI is InChI=1S/C17H25N5O2/c1-12(2)21-6-5-16(19-21)17(23)20-7-8-24-15(10-20)11-22-14(4)9-13(3)18-22/h5-6,9,12,15H,7-8,10-11H2,1-4H3. The minimum absolute atomic E-state index is 0.0314. The molecule has 0 saturated carbocycles. The molecule has 1 aliphatic rings. The van der Waals surface area contributed by atoms with E-state index < -0.39 is 0 Å². The van der Waals surface area contributed by atoms with Crippen LogP contribution in [0.3, 0.4) is 0 Å². The molecule has 0 bridgehead atoms. The zero-order valence-corrected chi connectivity index (χ0v) is 14.8. The normalized spacial score (nSPS) is 18.4. The third-order valence-corrected chi connectivity index (χ3v) is 4.26. The van der Waals surface area contributed by atoms with Crippen LogP contribution in [0.2, 0.25) is 0 Å². The molecule has 0 aromatic carbocycles. The van der Waals surface area contributed by atoms with Crippen LogP contribution in [0.15, 0.2) is 18.3 Å². The fourth-order valence-corrected chi connectivity index (χ4v) is 2.97. The van der Waals surface area contributed by atoms with Crippen LogP contribution in [0.25, 0.3) is 0 Å². The Morgan fingerprint density at radius 3 is 2.79 bits per heavy atom. The van der Waals surface area contributed by atoms with Gasteiger partial charge in [-0.25, -0.2) is 0 Å². The van der Waals surface area contributed by atoms with Gasteiger partial charge in [-0.05, 0) is 39.8 Å². The number of hydrogen-bond acceptors (Lipinski definition) is 4. The van der Waals surface area contributed by atoms with Gasteiger partial charge in [0.25, 0.3) is 5.91 Å². The Morgan fingerprint density at radius 1 is 1.38 bits per heavy atom. The fraction of sp³-hybridized carbons (Fsp3) is 0.588. The van der Waals surface area contributed by atoms with Gasteiger partial charge in [0, 0.05) is 31.0 Å². The zero-order chi connectivity index (χ0) is 17.3. The van der Waals surface area contributed by atoms with E-state index in [0.717, 1.165) is 11.4 Å². The van der Waals surface area contributed by atoms with Gasteiger partial charge in [0.2, 0.25) is 0 Å². The van der Waals surface area contributed by atoms with Crippen LogP contribution in [0.4, 0.5) is 0 Å². The van der Waals surface area contributed by atoms with Gasteiger partial charge in [-0.15, -0.1) is 0 Å². The maximum Gasteiger partial charge on any atom is 0.274 e. The first kappa shape index (κ1) is 16.7. The zero-order valence-electron chi connectivity index (χ0n) is 14.8. The van der Waals surface area contributed by atoms with Gasteiger partial charge < -0.3 is 9.64 Å². The summed E-state index contributed by atoms with van der Waals surface area (Å²) in [5.74, 6) is -0.0314. The first-order valence-electron chi connectivity index (χ1n) is 8.41. The second-order valence-electron chi connectivity index (χ2n) is 6.63. The molecule has 0 aliphatic carbocycles. The highest BCUT2D eigenvalue weighted by Gasteiger charge is 2.27. The molecule has 7 nitrogen and oxygen atoms in total. The maximum atomic E-state index is 12.7. The second-order valence-corrected chi connectivity index (χ2v) is 6.63. The van der Waals surface area contributed by atoms with Gasteiger partial charge in [-0.3, -0.25) is 14.2 Å². The summed E-state index contributed by atoms with van der Waals surface area (Å²) in [6, 6.07) is 4.08. The molecule has 24 heavy (non-hydrogen) atoms. The van der Waals surface area contributed by atoms with Crippen molar-refractivity contribution in [3.05, 3.63) is 35.4 Å². The molecule has 0 N–H and O–H groups in total. The summed E-state index contributed by atoms with van der Waals surface area (Å²) in [6.45, 7) is 10.5. The molecule has 2 aromatic rings. The van der Waals surface area contributed by atoms with Crippen LogP contribution in [0.1, 0.15) is 41.8 Å². The summed E-state index contributed by atoms with van der Waals surface area (Å²) in [7, 11) is 0. The molecule has 3 rings (SSSR count). The van der Waals surface area contributed by atoms with E-state index in [9.17, 15) is 4.79 Å². The van der Waals surface area contributed by atoms with Gasteiger partial charge >= 0.3 is 0 Å². The number of amides is 1. The molecule has 0 spiro atoms. The lowest BCUT2D eigenvalue weighted by atomic mass is 10.2. The Bertz CT molecular complexity index is 718. The molecular weight excluding hydrogens is 306 g/mol. The predicted molar refractivity (Wildman–Crippen MR) is 90.0 cm³/mol. The minimum Gasteiger partial charge on any atom is -0.373 e. The predicted octanol–water partition coefficient (Wildman–Crippen LogP) is 1.82. The second kappa shape index (κ2) is 6.76. The number of rotatable bonds is 4. The van der Waals surface area contributed by atoms with Crippen molar-refractivity contribution >= 4 is 5.91 Å². The quantitative estimate of drug-likeness (QED) is 0.857. The molecule has 1 atom stereocenters. The van der Waals surface area contributed by atoms with Gasteiger partial charge in [-0.1, -0.05) is 0 Å². The summed E-state index contributed by atoms with van der Waals surface area (Å²) in [6.07, 6.45) is 1.80. The van der Waals surface area contributed by atoms with E-state index in [1.807, 2.05) is 49.5 Å². The number of nitrogens with zero attached hydrogens (tertiary/aromatic N) is 5. The van der Waals surface area contributed by atoms with E-state index >= 15 is 0 Å². The Morgan fingerprint density at radius 2 is 2.17 bits per heavy atom. The van der Waals surface area contributed by atoms with Gasteiger partial charge in [0.1, 0.15) is 5.69 Å². The SMILES string of the molecule is Cc1cc(C)n(CC2CN(C(=O)c3ccn(C(C)C)n3)CCO2)n1.